The molecule has 2 amide bonds. The van der Waals surface area contributed by atoms with Crippen molar-refractivity contribution in [3.63, 3.8) is 0 Å². The van der Waals surface area contributed by atoms with E-state index in [9.17, 15) is 9.59 Å². The SMILES string of the molecule is Cc1ccc(C(=O)NC(=S)NNC(=O)c2ccc(C(C)(C)C)cc2)cc1Br. The second-order valence-electron chi connectivity index (χ2n) is 7.15. The van der Waals surface area contributed by atoms with Crippen molar-refractivity contribution in [3.8, 4) is 0 Å². The number of hydrogen-bond acceptors (Lipinski definition) is 3. The van der Waals surface area contributed by atoms with E-state index in [0.29, 0.717) is 11.1 Å². The van der Waals surface area contributed by atoms with Gasteiger partial charge in [-0.15, -0.1) is 0 Å². The fourth-order valence-electron chi connectivity index (χ4n) is 2.25. The number of benzene rings is 2. The molecule has 0 aliphatic heterocycles. The quantitative estimate of drug-likeness (QED) is 0.480. The van der Waals surface area contributed by atoms with Crippen molar-refractivity contribution in [2.45, 2.75) is 33.1 Å². The minimum atomic E-state index is -0.364. The summed E-state index contributed by atoms with van der Waals surface area (Å²) in [5.41, 5.74) is 8.15. The van der Waals surface area contributed by atoms with Crippen molar-refractivity contribution in [1.29, 1.82) is 0 Å². The van der Waals surface area contributed by atoms with E-state index in [2.05, 4.69) is 52.9 Å². The molecule has 142 valence electrons. The van der Waals surface area contributed by atoms with Crippen molar-refractivity contribution in [2.24, 2.45) is 0 Å². The van der Waals surface area contributed by atoms with Gasteiger partial charge in [-0.05, 0) is 59.9 Å². The molecule has 0 heterocycles. The number of rotatable bonds is 2. The minimum Gasteiger partial charge on any atom is -0.298 e. The van der Waals surface area contributed by atoms with Crippen molar-refractivity contribution in [2.75, 3.05) is 0 Å². The van der Waals surface area contributed by atoms with Crippen LogP contribution in [-0.4, -0.2) is 16.9 Å². The van der Waals surface area contributed by atoms with Crippen LogP contribution in [0, 0.1) is 6.92 Å². The van der Waals surface area contributed by atoms with E-state index >= 15 is 0 Å². The lowest BCUT2D eigenvalue weighted by Gasteiger charge is -2.19. The highest BCUT2D eigenvalue weighted by molar-refractivity contribution is 9.10. The van der Waals surface area contributed by atoms with Crippen molar-refractivity contribution in [3.05, 3.63) is 69.2 Å². The molecule has 2 aromatic carbocycles. The third kappa shape index (κ3) is 5.87. The Morgan fingerprint density at radius 3 is 2.07 bits per heavy atom. The van der Waals surface area contributed by atoms with Crippen LogP contribution in [-0.2, 0) is 5.41 Å². The third-order valence-electron chi connectivity index (χ3n) is 3.96. The Morgan fingerprint density at radius 1 is 0.926 bits per heavy atom. The smallest absolute Gasteiger partial charge is 0.269 e. The van der Waals surface area contributed by atoms with Gasteiger partial charge in [0.25, 0.3) is 11.8 Å². The van der Waals surface area contributed by atoms with E-state index in [1.54, 1.807) is 24.3 Å². The van der Waals surface area contributed by atoms with Crippen LogP contribution in [0.5, 0.6) is 0 Å². The van der Waals surface area contributed by atoms with Gasteiger partial charge in [0.05, 0.1) is 0 Å². The number of aryl methyl sites for hydroxylation is 1. The van der Waals surface area contributed by atoms with Crippen LogP contribution in [0.1, 0.15) is 52.6 Å². The summed E-state index contributed by atoms with van der Waals surface area (Å²) < 4.78 is 0.834. The van der Waals surface area contributed by atoms with E-state index in [1.165, 1.54) is 0 Å². The molecule has 7 heteroatoms. The Hall–Kier alpha value is -2.25. The van der Waals surface area contributed by atoms with Gasteiger partial charge in [-0.2, -0.15) is 0 Å². The first-order valence-electron chi connectivity index (χ1n) is 8.36. The third-order valence-corrected chi connectivity index (χ3v) is 5.02. The van der Waals surface area contributed by atoms with Crippen LogP contribution in [0.2, 0.25) is 0 Å². The minimum absolute atomic E-state index is 0.0105. The molecule has 5 nitrogen and oxygen atoms in total. The second kappa shape index (κ2) is 8.63. The first-order valence-corrected chi connectivity index (χ1v) is 9.56. The molecule has 0 fully saturated rings. The molecule has 0 aliphatic rings. The number of amides is 2. The molecule has 0 spiro atoms. The van der Waals surface area contributed by atoms with Crippen molar-refractivity contribution in [1.82, 2.24) is 16.2 Å². The molecule has 27 heavy (non-hydrogen) atoms. The normalized spacial score (nSPS) is 10.9. The van der Waals surface area contributed by atoms with Gasteiger partial charge in [-0.25, -0.2) is 0 Å². The lowest BCUT2D eigenvalue weighted by Crippen LogP contribution is -2.48. The van der Waals surface area contributed by atoms with E-state index in [1.807, 2.05) is 25.1 Å². The first-order chi connectivity index (χ1) is 12.6. The maximum Gasteiger partial charge on any atom is 0.269 e. The Labute approximate surface area is 173 Å². The molecular weight excluding hydrogens is 426 g/mol. The maximum absolute atomic E-state index is 12.2. The number of thiocarbonyl (C=S) groups is 1. The van der Waals surface area contributed by atoms with Gasteiger partial charge in [-0.3, -0.25) is 25.8 Å². The van der Waals surface area contributed by atoms with Gasteiger partial charge < -0.3 is 0 Å². The summed E-state index contributed by atoms with van der Waals surface area (Å²) in [6.45, 7) is 8.26. The molecule has 0 radical (unpaired) electrons. The fraction of sp³-hybridized carbons (Fsp3) is 0.250. The zero-order valence-corrected chi connectivity index (χ0v) is 18.0. The highest BCUT2D eigenvalue weighted by Gasteiger charge is 2.15. The average molecular weight is 448 g/mol. The highest BCUT2D eigenvalue weighted by atomic mass is 79.9. The largest absolute Gasteiger partial charge is 0.298 e. The van der Waals surface area contributed by atoms with Crippen LogP contribution in [0.4, 0.5) is 0 Å². The van der Waals surface area contributed by atoms with Gasteiger partial charge in [0.1, 0.15) is 0 Å². The molecule has 2 aromatic rings. The predicted molar refractivity (Wildman–Crippen MR) is 115 cm³/mol. The number of hydrazine groups is 1. The zero-order valence-electron chi connectivity index (χ0n) is 15.6. The van der Waals surface area contributed by atoms with E-state index in [0.717, 1.165) is 15.6 Å². The lowest BCUT2D eigenvalue weighted by atomic mass is 9.87. The summed E-state index contributed by atoms with van der Waals surface area (Å²) in [7, 11) is 0. The Kier molecular flexibility index (Phi) is 6.73. The summed E-state index contributed by atoms with van der Waals surface area (Å²) in [5, 5.41) is 2.54. The molecular formula is C20H22BrN3O2S. The van der Waals surface area contributed by atoms with Gasteiger partial charge in [0, 0.05) is 15.6 Å². The molecule has 2 rings (SSSR count). The van der Waals surface area contributed by atoms with Gasteiger partial charge >= 0.3 is 0 Å². The average Bonchev–Trinajstić information content (AvgIpc) is 2.61. The predicted octanol–water partition coefficient (Wildman–Crippen LogP) is 4.00. The topological polar surface area (TPSA) is 70.2 Å². The lowest BCUT2D eigenvalue weighted by molar-refractivity contribution is 0.0934. The standard InChI is InChI=1S/C20H22BrN3O2S/c1-12-5-6-14(11-16(12)21)17(25)22-19(27)24-23-18(26)13-7-9-15(10-8-13)20(2,3)4/h5-11H,1-4H3,(H,23,26)(H2,22,24,25,27). The number of hydrogen-bond donors (Lipinski definition) is 3. The fourth-order valence-corrected chi connectivity index (χ4v) is 2.77. The molecule has 0 aliphatic carbocycles. The Balaban J connectivity index is 1.90. The molecule has 0 saturated heterocycles. The Bertz CT molecular complexity index is 874. The first kappa shape index (κ1) is 21.1. The number of carbonyl (C=O) groups excluding carboxylic acids is 2. The van der Waals surface area contributed by atoms with Gasteiger partial charge in [-0.1, -0.05) is 54.9 Å². The van der Waals surface area contributed by atoms with Crippen LogP contribution in [0.25, 0.3) is 0 Å². The molecule has 0 aromatic heterocycles. The van der Waals surface area contributed by atoms with E-state index in [-0.39, 0.29) is 22.3 Å². The van der Waals surface area contributed by atoms with Crippen LogP contribution in [0.15, 0.2) is 46.9 Å². The van der Waals surface area contributed by atoms with Crippen molar-refractivity contribution >= 4 is 45.1 Å². The monoisotopic (exact) mass is 447 g/mol. The number of carbonyl (C=O) groups is 2. The maximum atomic E-state index is 12.2. The molecule has 0 saturated carbocycles. The molecule has 0 unspecified atom stereocenters. The summed E-state index contributed by atoms with van der Waals surface area (Å²) in [5.74, 6) is -0.706. The van der Waals surface area contributed by atoms with Gasteiger partial charge in [0.15, 0.2) is 5.11 Å². The summed E-state index contributed by atoms with van der Waals surface area (Å²) in [6.07, 6.45) is 0. The van der Waals surface area contributed by atoms with Crippen LogP contribution in [0.3, 0.4) is 0 Å². The summed E-state index contributed by atoms with van der Waals surface area (Å²) >= 11 is 8.45. The van der Waals surface area contributed by atoms with E-state index in [4.69, 9.17) is 12.2 Å². The number of halogens is 1. The Morgan fingerprint density at radius 2 is 1.52 bits per heavy atom. The van der Waals surface area contributed by atoms with Gasteiger partial charge in [0.2, 0.25) is 0 Å². The zero-order chi connectivity index (χ0) is 20.2. The summed E-state index contributed by atoms with van der Waals surface area (Å²) in [4.78, 5) is 24.4. The summed E-state index contributed by atoms with van der Waals surface area (Å²) in [6, 6.07) is 12.6. The van der Waals surface area contributed by atoms with Crippen LogP contribution < -0.4 is 16.2 Å². The highest BCUT2D eigenvalue weighted by Crippen LogP contribution is 2.22. The van der Waals surface area contributed by atoms with Crippen LogP contribution >= 0.6 is 28.1 Å². The van der Waals surface area contributed by atoms with Crippen molar-refractivity contribution < 1.29 is 9.59 Å². The molecule has 0 atom stereocenters. The number of nitrogens with one attached hydrogen (secondary N) is 3. The second-order valence-corrected chi connectivity index (χ2v) is 8.42. The molecule has 3 N–H and O–H groups in total. The molecule has 0 bridgehead atoms. The van der Waals surface area contributed by atoms with E-state index < -0.39 is 0 Å².